The number of hydrogen-bond donors (Lipinski definition) is 1. The third kappa shape index (κ3) is 19.9. The first kappa shape index (κ1) is 31.4. The van der Waals surface area contributed by atoms with Crippen molar-refractivity contribution in [2.75, 3.05) is 5.75 Å². The fraction of sp³-hybridized carbons (Fsp3) is 0.727. The number of aryl methyl sites for hydroxylation is 2. The summed E-state index contributed by atoms with van der Waals surface area (Å²) in [6, 6.07) is 3.30. The SMILES string of the molecule is CCCCCCCCCCCCCCS(=O)(=O)[O-].Cc1cc(O)cc(C)c1Cl.[Na+]. The fourth-order valence-electron chi connectivity index (χ4n) is 3.04. The van der Waals surface area contributed by atoms with Gasteiger partial charge in [-0.3, -0.25) is 0 Å². The van der Waals surface area contributed by atoms with E-state index in [1.54, 1.807) is 12.1 Å². The Morgan fingerprint density at radius 2 is 1.17 bits per heavy atom. The maximum absolute atomic E-state index is 10.4. The summed E-state index contributed by atoms with van der Waals surface area (Å²) in [6.07, 6.45) is 14.3. The number of phenolic OH excluding ortho intramolecular Hbond substituents is 1. The van der Waals surface area contributed by atoms with Gasteiger partial charge in [-0.2, -0.15) is 0 Å². The zero-order valence-corrected chi connectivity index (χ0v) is 22.4. The van der Waals surface area contributed by atoms with E-state index in [9.17, 15) is 13.0 Å². The van der Waals surface area contributed by atoms with Crippen molar-refractivity contribution in [3.05, 3.63) is 28.3 Å². The van der Waals surface area contributed by atoms with Crippen molar-refractivity contribution in [3.8, 4) is 5.75 Å². The van der Waals surface area contributed by atoms with Crippen molar-refractivity contribution < 1.29 is 47.6 Å². The van der Waals surface area contributed by atoms with Crippen LogP contribution in [-0.4, -0.2) is 23.8 Å². The summed E-state index contributed by atoms with van der Waals surface area (Å²) < 4.78 is 31.1. The predicted octanol–water partition coefficient (Wildman–Crippen LogP) is 3.90. The average Bonchev–Trinajstić information content (AvgIpc) is 2.60. The van der Waals surface area contributed by atoms with E-state index in [0.717, 1.165) is 29.0 Å². The molecular weight excluding hydrogens is 419 g/mol. The van der Waals surface area contributed by atoms with Crippen molar-refractivity contribution in [2.24, 2.45) is 0 Å². The van der Waals surface area contributed by atoms with Crippen molar-refractivity contribution in [1.29, 1.82) is 0 Å². The molecule has 0 amide bonds. The van der Waals surface area contributed by atoms with Gasteiger partial charge >= 0.3 is 29.6 Å². The Hall–Kier alpha value is 0.220. The molecule has 1 aromatic rings. The van der Waals surface area contributed by atoms with Gasteiger partial charge < -0.3 is 9.66 Å². The van der Waals surface area contributed by atoms with Crippen LogP contribution in [0.2, 0.25) is 5.02 Å². The molecule has 4 nitrogen and oxygen atoms in total. The Kier molecular flexibility index (Phi) is 20.5. The molecule has 0 aliphatic heterocycles. The molecule has 164 valence electrons. The first-order chi connectivity index (χ1) is 13.2. The number of halogens is 1. The van der Waals surface area contributed by atoms with Gasteiger partial charge in [0.25, 0.3) is 0 Å². The Morgan fingerprint density at radius 1 is 0.828 bits per heavy atom. The van der Waals surface area contributed by atoms with Crippen LogP contribution >= 0.6 is 11.6 Å². The van der Waals surface area contributed by atoms with Crippen LogP contribution in [0.1, 0.15) is 95.1 Å². The molecule has 1 rings (SSSR count). The maximum atomic E-state index is 10.4. The van der Waals surface area contributed by atoms with E-state index in [-0.39, 0.29) is 41.1 Å². The van der Waals surface area contributed by atoms with E-state index in [2.05, 4.69) is 6.92 Å². The standard InChI is InChI=1S/C14H30O3S.C8H9ClO.Na/c1-2-3-4-5-6-7-8-9-10-11-12-13-14-18(15,16)17;1-5-3-7(10)4-6(2)8(5)9;/h2-14H2,1H3,(H,15,16,17);3-4,10H,1-2H3;/q;;+1/p-1. The number of phenols is 1. The second-order valence-electron chi connectivity index (χ2n) is 7.54. The molecule has 0 aliphatic rings. The average molecular weight is 457 g/mol. The minimum Gasteiger partial charge on any atom is -0.748 e. The molecule has 0 saturated carbocycles. The normalized spacial score (nSPS) is 10.8. The van der Waals surface area contributed by atoms with Crippen LogP contribution in [0.3, 0.4) is 0 Å². The number of rotatable bonds is 13. The summed E-state index contributed by atoms with van der Waals surface area (Å²) in [5.74, 6) is 0.0872. The fourth-order valence-corrected chi connectivity index (χ4v) is 3.71. The van der Waals surface area contributed by atoms with E-state index >= 15 is 0 Å². The largest absolute Gasteiger partial charge is 1.00 e. The van der Waals surface area contributed by atoms with Gasteiger partial charge in [0.2, 0.25) is 0 Å². The van der Waals surface area contributed by atoms with E-state index in [1.165, 1.54) is 57.8 Å². The molecule has 0 aliphatic carbocycles. The minimum absolute atomic E-state index is 0. The topological polar surface area (TPSA) is 77.4 Å². The molecule has 0 heterocycles. The number of benzene rings is 1. The van der Waals surface area contributed by atoms with E-state index in [4.69, 9.17) is 16.7 Å². The Labute approximate surface area is 205 Å². The van der Waals surface area contributed by atoms with E-state index < -0.39 is 10.1 Å². The second kappa shape index (κ2) is 18.9. The summed E-state index contributed by atoms with van der Waals surface area (Å²) in [5.41, 5.74) is 1.83. The molecule has 0 atom stereocenters. The first-order valence-corrected chi connectivity index (χ1v) is 12.5. The summed E-state index contributed by atoms with van der Waals surface area (Å²) in [5, 5.41) is 9.79. The van der Waals surface area contributed by atoms with Gasteiger partial charge in [-0.1, -0.05) is 89.2 Å². The number of aromatic hydroxyl groups is 1. The van der Waals surface area contributed by atoms with Gasteiger partial charge in [-0.25, -0.2) is 8.42 Å². The molecule has 29 heavy (non-hydrogen) atoms. The van der Waals surface area contributed by atoms with Gasteiger partial charge in [0, 0.05) is 10.8 Å². The van der Waals surface area contributed by atoms with Crippen LogP contribution in [0, 0.1) is 13.8 Å². The number of unbranched alkanes of at least 4 members (excludes halogenated alkanes) is 11. The van der Waals surface area contributed by atoms with Crippen LogP contribution in [0.25, 0.3) is 0 Å². The summed E-state index contributed by atoms with van der Waals surface area (Å²) in [7, 11) is -3.99. The van der Waals surface area contributed by atoms with Gasteiger partial charge in [-0.05, 0) is 43.5 Å². The molecule has 0 radical (unpaired) electrons. The van der Waals surface area contributed by atoms with Gasteiger partial charge in [0.15, 0.2) is 0 Å². The molecule has 0 bridgehead atoms. The zero-order valence-electron chi connectivity index (χ0n) is 18.8. The predicted molar refractivity (Wildman–Crippen MR) is 118 cm³/mol. The van der Waals surface area contributed by atoms with Crippen molar-refractivity contribution >= 4 is 21.7 Å². The van der Waals surface area contributed by atoms with E-state index in [0.29, 0.717) is 6.42 Å². The van der Waals surface area contributed by atoms with Crippen molar-refractivity contribution in [1.82, 2.24) is 0 Å². The first-order valence-electron chi connectivity index (χ1n) is 10.6. The van der Waals surface area contributed by atoms with Crippen molar-refractivity contribution in [3.63, 3.8) is 0 Å². The van der Waals surface area contributed by atoms with Gasteiger partial charge in [-0.15, -0.1) is 0 Å². The maximum Gasteiger partial charge on any atom is 1.00 e. The van der Waals surface area contributed by atoms with Crippen LogP contribution in [0.5, 0.6) is 5.75 Å². The molecule has 0 saturated heterocycles. The third-order valence-corrected chi connectivity index (χ3v) is 6.05. The smallest absolute Gasteiger partial charge is 0.748 e. The van der Waals surface area contributed by atoms with Gasteiger partial charge in [0.05, 0.1) is 10.1 Å². The molecular formula is C22H38ClNaO4S. The van der Waals surface area contributed by atoms with Crippen LogP contribution in [0.4, 0.5) is 0 Å². The molecule has 0 unspecified atom stereocenters. The Bertz CT molecular complexity index is 613. The Balaban J connectivity index is 0. The summed E-state index contributed by atoms with van der Waals surface area (Å²) in [4.78, 5) is 0. The zero-order chi connectivity index (χ0) is 21.4. The second-order valence-corrected chi connectivity index (χ2v) is 9.45. The van der Waals surface area contributed by atoms with E-state index in [1.807, 2.05) is 13.8 Å². The molecule has 0 spiro atoms. The third-order valence-electron chi connectivity index (χ3n) is 4.67. The van der Waals surface area contributed by atoms with Crippen LogP contribution in [0.15, 0.2) is 12.1 Å². The molecule has 7 heteroatoms. The van der Waals surface area contributed by atoms with Crippen LogP contribution in [-0.2, 0) is 10.1 Å². The van der Waals surface area contributed by atoms with Crippen molar-refractivity contribution in [2.45, 2.75) is 97.8 Å². The molecule has 0 aromatic heterocycles. The summed E-state index contributed by atoms with van der Waals surface area (Å²) in [6.45, 7) is 5.97. The molecule has 1 N–H and O–H groups in total. The van der Waals surface area contributed by atoms with Gasteiger partial charge in [0.1, 0.15) is 5.75 Å². The Morgan fingerprint density at radius 3 is 1.52 bits per heavy atom. The molecule has 0 fully saturated rings. The quantitative estimate of drug-likeness (QED) is 0.277. The van der Waals surface area contributed by atoms with Crippen LogP contribution < -0.4 is 29.6 Å². The molecule has 1 aromatic carbocycles. The summed E-state index contributed by atoms with van der Waals surface area (Å²) >= 11 is 5.84. The monoisotopic (exact) mass is 456 g/mol. The number of hydrogen-bond acceptors (Lipinski definition) is 4. The minimum atomic E-state index is -3.99.